The number of alkyl carbamates (subject to hydrolysis) is 1. The normalized spacial score (nSPS) is 21.2. The van der Waals surface area contributed by atoms with Crippen molar-refractivity contribution in [3.63, 3.8) is 0 Å². The van der Waals surface area contributed by atoms with E-state index in [2.05, 4.69) is 10.2 Å². The molecule has 2 bridgehead atoms. The van der Waals surface area contributed by atoms with Crippen LogP contribution in [0.15, 0.2) is 72.8 Å². The number of hydrogen-bond acceptors (Lipinski definition) is 9. The van der Waals surface area contributed by atoms with Gasteiger partial charge in [0.05, 0.1) is 25.9 Å². The van der Waals surface area contributed by atoms with Crippen molar-refractivity contribution in [1.82, 2.24) is 10.2 Å². The monoisotopic (exact) mass is 854 g/mol. The topological polar surface area (TPSA) is 116 Å². The minimum atomic E-state index is -0.590. The molecule has 4 heterocycles. The Morgan fingerprint density at radius 3 is 2.43 bits per heavy atom. The number of ether oxygens (including phenoxy) is 5. The van der Waals surface area contributed by atoms with Crippen molar-refractivity contribution >= 4 is 12.1 Å². The smallest absolute Gasteiger partial charge is 0.408 e. The molecule has 1 amide bonds. The van der Waals surface area contributed by atoms with Gasteiger partial charge in [0.1, 0.15) is 29.8 Å². The summed E-state index contributed by atoms with van der Waals surface area (Å²) in [5.74, 6) is 0.253. The van der Waals surface area contributed by atoms with Crippen LogP contribution in [0.5, 0.6) is 11.5 Å². The summed E-state index contributed by atoms with van der Waals surface area (Å²) in [6.07, 6.45) is 2.61. The van der Waals surface area contributed by atoms with Crippen LogP contribution in [-0.2, 0) is 25.6 Å². The van der Waals surface area contributed by atoms with Crippen molar-refractivity contribution in [2.75, 3.05) is 39.5 Å². The number of esters is 1. The molecule has 4 fully saturated rings. The summed E-state index contributed by atoms with van der Waals surface area (Å²) >= 11 is 0. The molecule has 7 rings (SSSR count). The minimum absolute atomic E-state index is 0. The van der Waals surface area contributed by atoms with Crippen molar-refractivity contribution in [3.8, 4) is 11.5 Å². The maximum Gasteiger partial charge on any atom is 0.408 e. The van der Waals surface area contributed by atoms with Gasteiger partial charge in [-0.2, -0.15) is 0 Å². The van der Waals surface area contributed by atoms with E-state index in [1.807, 2.05) is 54.6 Å². The number of carbonyl (C=O) groups is 2. The Bertz CT molecular complexity index is 1440. The molecule has 3 aromatic carbocycles. The molecule has 46 heavy (non-hydrogen) atoms. The number of benzene rings is 3. The Hall–Kier alpha value is -3.07. The molecule has 4 saturated heterocycles. The molecule has 4 aliphatic rings. The maximum atomic E-state index is 13.1. The second-order valence-electron chi connectivity index (χ2n) is 11.7. The number of carbonyl (C=O) groups excluding carboxylic acids is 2. The Morgan fingerprint density at radius 1 is 0.957 bits per heavy atom. The summed E-state index contributed by atoms with van der Waals surface area (Å²) in [6.45, 7) is 4.49. The Balaban J connectivity index is 0.00000417. The van der Waals surface area contributed by atoms with Crippen molar-refractivity contribution < 1.29 is 69.5 Å². The van der Waals surface area contributed by atoms with Crippen molar-refractivity contribution in [2.24, 2.45) is 5.92 Å². The number of nitrogens with zero attached hydrogens (tertiary/aromatic N) is 1. The van der Waals surface area contributed by atoms with Gasteiger partial charge < -0.3 is 34.1 Å². The first kappa shape index (κ1) is 34.3. The molecule has 0 radical (unpaired) electrons. The third-order valence-corrected chi connectivity index (χ3v) is 8.64. The Kier molecular flexibility index (Phi) is 12.4. The molecule has 10 nitrogen and oxygen atoms in total. The van der Waals surface area contributed by atoms with E-state index in [0.29, 0.717) is 43.3 Å². The summed E-state index contributed by atoms with van der Waals surface area (Å²) in [6, 6.07) is 21.6. The number of nitrogens with one attached hydrogen (secondary N) is 1. The van der Waals surface area contributed by atoms with E-state index < -0.39 is 18.1 Å². The molecule has 2 atom stereocenters. The SMILES string of the molecule is O=C(N[C@@H](c1ccccc1)c1cccc(OCc2ccc(C(=O)OCCCC3OCCO3)c(O)c2)c1)O[C@H]1CN2CCC1CC2.[U]. The van der Waals surface area contributed by atoms with Crippen LogP contribution in [0, 0.1) is 37.0 Å². The summed E-state index contributed by atoms with van der Waals surface area (Å²) < 4.78 is 28.1. The number of piperidine rings is 3. The molecule has 0 aliphatic carbocycles. The van der Waals surface area contributed by atoms with Crippen LogP contribution in [0.3, 0.4) is 0 Å². The van der Waals surface area contributed by atoms with E-state index in [0.717, 1.165) is 43.6 Å². The summed E-state index contributed by atoms with van der Waals surface area (Å²) in [7, 11) is 0. The van der Waals surface area contributed by atoms with Gasteiger partial charge in [0.2, 0.25) is 0 Å². The molecule has 3 aromatic rings. The predicted octanol–water partition coefficient (Wildman–Crippen LogP) is 5.19. The molecular weight excluding hydrogens is 814 g/mol. The molecule has 11 heteroatoms. The molecule has 0 unspecified atom stereocenters. The van der Waals surface area contributed by atoms with E-state index >= 15 is 0 Å². The van der Waals surface area contributed by atoms with E-state index in [1.165, 1.54) is 12.1 Å². The molecule has 2 N–H and O–H groups in total. The van der Waals surface area contributed by atoms with Gasteiger partial charge in [-0.05, 0) is 79.2 Å². The predicted molar refractivity (Wildman–Crippen MR) is 165 cm³/mol. The van der Waals surface area contributed by atoms with Gasteiger partial charge >= 0.3 is 12.1 Å². The Morgan fingerprint density at radius 2 is 1.72 bits per heavy atom. The zero-order chi connectivity index (χ0) is 31.0. The van der Waals surface area contributed by atoms with Crippen molar-refractivity contribution in [1.29, 1.82) is 0 Å². The van der Waals surface area contributed by atoms with Crippen LogP contribution in [0.25, 0.3) is 0 Å². The van der Waals surface area contributed by atoms with Gasteiger partial charge in [-0.25, -0.2) is 9.59 Å². The Labute approximate surface area is 293 Å². The number of rotatable bonds is 12. The van der Waals surface area contributed by atoms with Gasteiger partial charge in [-0.3, -0.25) is 4.90 Å². The van der Waals surface area contributed by atoms with Crippen LogP contribution >= 0.6 is 0 Å². The summed E-state index contributed by atoms with van der Waals surface area (Å²) in [4.78, 5) is 28.0. The zero-order valence-electron chi connectivity index (χ0n) is 25.8. The largest absolute Gasteiger partial charge is 0.507 e. The first-order valence-electron chi connectivity index (χ1n) is 15.7. The third kappa shape index (κ3) is 9.05. The van der Waals surface area contributed by atoms with Gasteiger partial charge in [0.15, 0.2) is 6.29 Å². The number of phenols is 1. The second-order valence-corrected chi connectivity index (χ2v) is 11.7. The molecule has 4 aliphatic heterocycles. The van der Waals surface area contributed by atoms with Crippen molar-refractivity contribution in [2.45, 2.75) is 50.7 Å². The zero-order valence-corrected chi connectivity index (χ0v) is 29.9. The quantitative estimate of drug-likeness (QED) is 0.188. The molecule has 242 valence electrons. The summed E-state index contributed by atoms with van der Waals surface area (Å²) in [5, 5.41) is 13.6. The fourth-order valence-electron chi connectivity index (χ4n) is 6.19. The maximum absolute atomic E-state index is 13.1. The van der Waals surface area contributed by atoms with Gasteiger partial charge in [0, 0.05) is 44.1 Å². The van der Waals surface area contributed by atoms with Gasteiger partial charge in [-0.1, -0.05) is 48.5 Å². The van der Waals surface area contributed by atoms with Crippen LogP contribution in [-0.4, -0.2) is 73.9 Å². The van der Waals surface area contributed by atoms with Crippen LogP contribution in [0.1, 0.15) is 58.8 Å². The van der Waals surface area contributed by atoms with Crippen molar-refractivity contribution in [3.05, 3.63) is 95.1 Å². The van der Waals surface area contributed by atoms with Crippen LogP contribution in [0.2, 0.25) is 0 Å². The molecular formula is C35H40N2O8U. The minimum Gasteiger partial charge on any atom is -0.507 e. The first-order valence-corrected chi connectivity index (χ1v) is 15.7. The van der Waals surface area contributed by atoms with E-state index in [1.54, 1.807) is 6.07 Å². The molecule has 0 aromatic heterocycles. The van der Waals surface area contributed by atoms with Gasteiger partial charge in [-0.15, -0.1) is 0 Å². The molecule has 0 saturated carbocycles. The van der Waals surface area contributed by atoms with E-state index in [4.69, 9.17) is 23.7 Å². The van der Waals surface area contributed by atoms with E-state index in [-0.39, 0.29) is 68.0 Å². The van der Waals surface area contributed by atoms with Crippen LogP contribution < -0.4 is 10.1 Å². The number of hydrogen-bond donors (Lipinski definition) is 2. The molecule has 0 spiro atoms. The third-order valence-electron chi connectivity index (χ3n) is 8.64. The fraction of sp³-hybridized carbons (Fsp3) is 0.429. The summed E-state index contributed by atoms with van der Waals surface area (Å²) in [5.41, 5.74) is 2.55. The second kappa shape index (κ2) is 16.7. The van der Waals surface area contributed by atoms with E-state index in [9.17, 15) is 14.7 Å². The number of aromatic hydroxyl groups is 1. The average molecular weight is 855 g/mol. The fourth-order valence-corrected chi connectivity index (χ4v) is 6.19. The number of fused-ring (bicyclic) bond motifs is 3. The standard InChI is InChI=1S/C35H40N2O8.U/c38-30-20-24(11-12-29(30)34(39)43-17-5-10-32-41-18-19-42-32)23-44-28-9-4-8-27(21-28)33(26-6-2-1-3-7-26)36-35(40)45-31-22-37-15-13-25(31)14-16-37;/h1-4,6-9,11-12,20-21,25,31-33,38H,5,10,13-19,22-23H2,(H,36,40);/t31-,33-;/m0./s1. The first-order chi connectivity index (χ1) is 22.0. The van der Waals surface area contributed by atoms with Gasteiger partial charge in [0.25, 0.3) is 0 Å². The van der Waals surface area contributed by atoms with Crippen LogP contribution in [0.4, 0.5) is 4.79 Å². The number of amides is 1. The number of phenolic OH excluding ortho intramolecular Hbond substituents is 1. The average Bonchev–Trinajstić information content (AvgIpc) is 3.59.